The highest BCUT2D eigenvalue weighted by atomic mass is 16.7. The van der Waals surface area contributed by atoms with Gasteiger partial charge in [-0.15, -0.1) is 6.58 Å². The number of methoxy groups -OCH3 is 1. The molecule has 1 aliphatic heterocycles. The van der Waals surface area contributed by atoms with Crippen molar-refractivity contribution in [3.05, 3.63) is 24.3 Å². The summed E-state index contributed by atoms with van der Waals surface area (Å²) in [6, 6.07) is 0. The van der Waals surface area contributed by atoms with E-state index in [9.17, 15) is 4.79 Å². The Morgan fingerprint density at radius 3 is 2.20 bits per heavy atom. The van der Waals surface area contributed by atoms with Gasteiger partial charge in [0.15, 0.2) is 0 Å². The SMILES string of the molecule is C=CCCC=C(CB1OC(C)(C)C(C)(C)O1)C(=O)OC. The van der Waals surface area contributed by atoms with Crippen LogP contribution >= 0.6 is 0 Å². The lowest BCUT2D eigenvalue weighted by Crippen LogP contribution is -2.41. The standard InChI is InChI=1S/C15H25BO4/c1-7-8-9-10-12(13(17)18-6)11-16-19-14(2,3)15(4,5)20-16/h7,10H,1,8-9,11H2,2-6H3. The summed E-state index contributed by atoms with van der Waals surface area (Å²) < 4.78 is 16.6. The summed E-state index contributed by atoms with van der Waals surface area (Å²) >= 11 is 0. The van der Waals surface area contributed by atoms with Crippen molar-refractivity contribution in [2.75, 3.05) is 7.11 Å². The zero-order valence-corrected chi connectivity index (χ0v) is 13.2. The van der Waals surface area contributed by atoms with Gasteiger partial charge in [-0.3, -0.25) is 0 Å². The lowest BCUT2D eigenvalue weighted by Gasteiger charge is -2.32. The monoisotopic (exact) mass is 280 g/mol. The molecule has 112 valence electrons. The highest BCUT2D eigenvalue weighted by Crippen LogP contribution is 2.38. The lowest BCUT2D eigenvalue weighted by atomic mass is 9.80. The zero-order valence-electron chi connectivity index (χ0n) is 13.2. The van der Waals surface area contributed by atoms with Crippen molar-refractivity contribution < 1.29 is 18.8 Å². The van der Waals surface area contributed by atoms with E-state index in [0.29, 0.717) is 11.9 Å². The molecule has 0 atom stereocenters. The molecule has 0 spiro atoms. The largest absolute Gasteiger partial charge is 0.466 e. The van der Waals surface area contributed by atoms with E-state index in [0.717, 1.165) is 12.8 Å². The van der Waals surface area contributed by atoms with E-state index in [2.05, 4.69) is 6.58 Å². The van der Waals surface area contributed by atoms with E-state index in [1.807, 2.05) is 39.8 Å². The van der Waals surface area contributed by atoms with Crippen molar-refractivity contribution >= 4 is 13.1 Å². The molecule has 1 heterocycles. The first-order chi connectivity index (χ1) is 9.23. The second-order valence-electron chi connectivity index (χ2n) is 5.98. The number of rotatable bonds is 6. The fraction of sp³-hybridized carbons (Fsp3) is 0.667. The smallest absolute Gasteiger partial charge is 0.462 e. The molecular weight excluding hydrogens is 255 g/mol. The Morgan fingerprint density at radius 1 is 1.20 bits per heavy atom. The summed E-state index contributed by atoms with van der Waals surface area (Å²) in [4.78, 5) is 11.8. The van der Waals surface area contributed by atoms with Gasteiger partial charge >= 0.3 is 13.1 Å². The van der Waals surface area contributed by atoms with Gasteiger partial charge in [0.1, 0.15) is 0 Å². The first-order valence-corrected chi connectivity index (χ1v) is 6.97. The number of allylic oxidation sites excluding steroid dienone is 2. The molecule has 1 rings (SSSR count). The molecule has 4 nitrogen and oxygen atoms in total. The molecule has 0 aromatic rings. The van der Waals surface area contributed by atoms with Gasteiger partial charge in [-0.25, -0.2) is 4.79 Å². The summed E-state index contributed by atoms with van der Waals surface area (Å²) in [6.07, 6.45) is 5.67. The highest BCUT2D eigenvalue weighted by molar-refractivity contribution is 6.47. The van der Waals surface area contributed by atoms with Crippen molar-refractivity contribution in [2.24, 2.45) is 0 Å². The van der Waals surface area contributed by atoms with Gasteiger partial charge in [0.2, 0.25) is 0 Å². The Labute approximate surface area is 122 Å². The summed E-state index contributed by atoms with van der Waals surface area (Å²) in [5, 5.41) is 0. The number of esters is 1. The van der Waals surface area contributed by atoms with E-state index in [1.165, 1.54) is 7.11 Å². The first kappa shape index (κ1) is 17.0. The molecule has 1 fully saturated rings. The quantitative estimate of drug-likeness (QED) is 0.246. The number of hydrogen-bond donors (Lipinski definition) is 0. The maximum atomic E-state index is 11.8. The zero-order chi connectivity index (χ0) is 15.4. The van der Waals surface area contributed by atoms with Crippen LogP contribution in [0.2, 0.25) is 6.32 Å². The predicted molar refractivity (Wildman–Crippen MR) is 80.4 cm³/mol. The van der Waals surface area contributed by atoms with Crippen LogP contribution in [0, 0.1) is 0 Å². The average molecular weight is 280 g/mol. The Kier molecular flexibility index (Phi) is 5.60. The van der Waals surface area contributed by atoms with Crippen LogP contribution in [0.5, 0.6) is 0 Å². The lowest BCUT2D eigenvalue weighted by molar-refractivity contribution is -0.136. The third-order valence-corrected chi connectivity index (χ3v) is 3.90. The van der Waals surface area contributed by atoms with Crippen molar-refractivity contribution in [1.82, 2.24) is 0 Å². The predicted octanol–water partition coefficient (Wildman–Crippen LogP) is 3.14. The summed E-state index contributed by atoms with van der Waals surface area (Å²) in [6.45, 7) is 11.6. The molecular formula is C15H25BO4. The van der Waals surface area contributed by atoms with Gasteiger partial charge in [0, 0.05) is 11.9 Å². The highest BCUT2D eigenvalue weighted by Gasteiger charge is 2.51. The minimum atomic E-state index is -0.422. The van der Waals surface area contributed by atoms with Crippen LogP contribution in [-0.2, 0) is 18.8 Å². The molecule has 1 saturated heterocycles. The Balaban J connectivity index is 2.75. The van der Waals surface area contributed by atoms with Gasteiger partial charge in [-0.1, -0.05) is 12.2 Å². The Hall–Kier alpha value is -1.07. The van der Waals surface area contributed by atoms with Gasteiger partial charge in [-0.05, 0) is 40.5 Å². The molecule has 0 saturated carbocycles. The minimum absolute atomic E-state index is 0.330. The minimum Gasteiger partial charge on any atom is -0.466 e. The number of unbranched alkanes of at least 4 members (excludes halogenated alkanes) is 1. The van der Waals surface area contributed by atoms with E-state index in [4.69, 9.17) is 14.0 Å². The maximum Gasteiger partial charge on any atom is 0.462 e. The normalized spacial score (nSPS) is 20.9. The van der Waals surface area contributed by atoms with E-state index in [-0.39, 0.29) is 17.2 Å². The molecule has 0 aromatic heterocycles. The topological polar surface area (TPSA) is 44.8 Å². The van der Waals surface area contributed by atoms with Gasteiger partial charge in [-0.2, -0.15) is 0 Å². The van der Waals surface area contributed by atoms with E-state index >= 15 is 0 Å². The van der Waals surface area contributed by atoms with Crippen LogP contribution in [0.15, 0.2) is 24.3 Å². The summed E-state index contributed by atoms with van der Waals surface area (Å²) in [5.74, 6) is -0.330. The summed E-state index contributed by atoms with van der Waals surface area (Å²) in [5.41, 5.74) is -0.187. The van der Waals surface area contributed by atoms with Gasteiger partial charge in [0.25, 0.3) is 0 Å². The maximum absolute atomic E-state index is 11.8. The average Bonchev–Trinajstić information content (AvgIpc) is 2.55. The molecule has 0 radical (unpaired) electrons. The number of hydrogen-bond acceptors (Lipinski definition) is 4. The molecule has 0 aromatic carbocycles. The summed E-state index contributed by atoms with van der Waals surface area (Å²) in [7, 11) is 0.961. The number of carbonyl (C=O) groups excluding carboxylic acids is 1. The van der Waals surface area contributed by atoms with Crippen LogP contribution in [0.4, 0.5) is 0 Å². The molecule has 20 heavy (non-hydrogen) atoms. The van der Waals surface area contributed by atoms with Crippen LogP contribution in [-0.4, -0.2) is 31.4 Å². The molecule has 5 heteroatoms. The first-order valence-electron chi connectivity index (χ1n) is 6.97. The van der Waals surface area contributed by atoms with Crippen LogP contribution < -0.4 is 0 Å². The fourth-order valence-electron chi connectivity index (χ4n) is 1.98. The number of carbonyl (C=O) groups is 1. The van der Waals surface area contributed by atoms with Crippen LogP contribution in [0.1, 0.15) is 40.5 Å². The van der Waals surface area contributed by atoms with Gasteiger partial charge < -0.3 is 14.0 Å². The third kappa shape index (κ3) is 3.96. The molecule has 0 N–H and O–H groups in total. The van der Waals surface area contributed by atoms with Crippen molar-refractivity contribution in [3.63, 3.8) is 0 Å². The Bertz CT molecular complexity index is 383. The van der Waals surface area contributed by atoms with Crippen LogP contribution in [0.3, 0.4) is 0 Å². The Morgan fingerprint density at radius 2 is 1.75 bits per heavy atom. The molecule has 0 aliphatic carbocycles. The van der Waals surface area contributed by atoms with Crippen LogP contribution in [0.25, 0.3) is 0 Å². The van der Waals surface area contributed by atoms with E-state index < -0.39 is 7.12 Å². The fourth-order valence-corrected chi connectivity index (χ4v) is 1.98. The second kappa shape index (κ2) is 6.59. The van der Waals surface area contributed by atoms with Crippen molar-refractivity contribution in [1.29, 1.82) is 0 Å². The second-order valence-corrected chi connectivity index (χ2v) is 5.98. The van der Waals surface area contributed by atoms with Gasteiger partial charge in [0.05, 0.1) is 18.3 Å². The molecule has 0 bridgehead atoms. The molecule has 0 amide bonds. The van der Waals surface area contributed by atoms with Crippen molar-refractivity contribution in [2.45, 2.75) is 58.1 Å². The molecule has 0 unspecified atom stereocenters. The van der Waals surface area contributed by atoms with Crippen molar-refractivity contribution in [3.8, 4) is 0 Å². The third-order valence-electron chi connectivity index (χ3n) is 3.90. The molecule has 1 aliphatic rings. The number of ether oxygens (including phenoxy) is 1. The van der Waals surface area contributed by atoms with E-state index in [1.54, 1.807) is 0 Å².